The molecule has 0 aliphatic heterocycles. The molecule has 6 nitrogen and oxygen atoms in total. The van der Waals surface area contributed by atoms with Crippen LogP contribution in [0.5, 0.6) is 0 Å². The van der Waals surface area contributed by atoms with Crippen molar-refractivity contribution in [1.82, 2.24) is 0 Å². The molecule has 3 atom stereocenters. The SMILES string of the molecule is CC1(C(N)=O)CC(C(N)=O)C(C)(C)C(C)(C(N)=O)C1(C)C. The molecule has 0 spiro atoms. The lowest BCUT2D eigenvalue weighted by Crippen LogP contribution is -2.70. The first kappa shape index (κ1) is 17.5. The van der Waals surface area contributed by atoms with E-state index in [-0.39, 0.29) is 6.42 Å². The lowest BCUT2D eigenvalue weighted by Gasteiger charge is -2.64. The molecule has 0 heterocycles. The van der Waals surface area contributed by atoms with Gasteiger partial charge in [-0.15, -0.1) is 0 Å². The van der Waals surface area contributed by atoms with Gasteiger partial charge in [0.25, 0.3) is 0 Å². The number of rotatable bonds is 3. The summed E-state index contributed by atoms with van der Waals surface area (Å²) < 4.78 is 0. The maximum atomic E-state index is 12.3. The molecule has 1 aliphatic carbocycles. The fourth-order valence-electron chi connectivity index (χ4n) is 4.11. The maximum absolute atomic E-state index is 12.3. The first-order valence-electron chi connectivity index (χ1n) is 7.07. The molecule has 0 aromatic heterocycles. The molecule has 0 aromatic carbocycles. The fourth-order valence-corrected chi connectivity index (χ4v) is 4.11. The highest BCUT2D eigenvalue weighted by Gasteiger charge is 2.70. The summed E-state index contributed by atoms with van der Waals surface area (Å²) in [5.41, 5.74) is 13.0. The van der Waals surface area contributed by atoms with E-state index in [4.69, 9.17) is 17.2 Å². The molecule has 3 amide bonds. The van der Waals surface area contributed by atoms with Gasteiger partial charge in [-0.1, -0.05) is 34.6 Å². The number of hydrogen-bond donors (Lipinski definition) is 3. The van der Waals surface area contributed by atoms with Crippen molar-refractivity contribution in [2.75, 3.05) is 0 Å². The summed E-state index contributed by atoms with van der Waals surface area (Å²) >= 11 is 0. The molecular weight excluding hydrogens is 270 g/mol. The Balaban J connectivity index is 3.75. The van der Waals surface area contributed by atoms with Gasteiger partial charge in [-0.25, -0.2) is 0 Å². The van der Waals surface area contributed by atoms with Crippen molar-refractivity contribution in [3.63, 3.8) is 0 Å². The van der Waals surface area contributed by atoms with Crippen LogP contribution in [0, 0.1) is 27.6 Å². The summed E-state index contributed by atoms with van der Waals surface area (Å²) in [6, 6.07) is 0. The van der Waals surface area contributed by atoms with Crippen LogP contribution in [-0.2, 0) is 14.4 Å². The molecule has 1 saturated carbocycles. The van der Waals surface area contributed by atoms with Crippen molar-refractivity contribution in [1.29, 1.82) is 0 Å². The summed E-state index contributed by atoms with van der Waals surface area (Å²) in [5.74, 6) is -2.33. The van der Waals surface area contributed by atoms with Gasteiger partial charge in [0.15, 0.2) is 0 Å². The fraction of sp³-hybridized carbons (Fsp3) is 0.800. The second-order valence-corrected chi connectivity index (χ2v) is 7.69. The summed E-state index contributed by atoms with van der Waals surface area (Å²) in [5, 5.41) is 0. The molecule has 1 rings (SSSR count). The summed E-state index contributed by atoms with van der Waals surface area (Å²) in [7, 11) is 0. The molecular formula is C15H27N3O3. The standard InChI is InChI=1S/C15H27N3O3/c1-12(2)8(9(16)19)7-14(5,10(17)20)13(3,4)15(12,6)11(18)21/h8H,7H2,1-6H3,(H2,16,19)(H2,17,20)(H2,18,21). The zero-order valence-corrected chi connectivity index (χ0v) is 13.7. The molecule has 1 aliphatic rings. The molecule has 1 fully saturated rings. The quantitative estimate of drug-likeness (QED) is 0.702. The molecule has 21 heavy (non-hydrogen) atoms. The van der Waals surface area contributed by atoms with Crippen LogP contribution < -0.4 is 17.2 Å². The van der Waals surface area contributed by atoms with Crippen LogP contribution in [0.15, 0.2) is 0 Å². The Morgan fingerprint density at radius 2 is 1.29 bits per heavy atom. The molecule has 0 saturated heterocycles. The summed E-state index contributed by atoms with van der Waals surface area (Å²) in [4.78, 5) is 36.3. The van der Waals surface area contributed by atoms with Gasteiger partial charge in [0.05, 0.1) is 10.8 Å². The van der Waals surface area contributed by atoms with E-state index in [9.17, 15) is 14.4 Å². The van der Waals surface area contributed by atoms with Gasteiger partial charge in [-0.05, 0) is 24.2 Å². The molecule has 120 valence electrons. The number of carbonyl (C=O) groups excluding carboxylic acids is 3. The van der Waals surface area contributed by atoms with E-state index < -0.39 is 45.3 Å². The molecule has 0 radical (unpaired) electrons. The van der Waals surface area contributed by atoms with Gasteiger partial charge >= 0.3 is 0 Å². The number of hydrogen-bond acceptors (Lipinski definition) is 3. The van der Waals surface area contributed by atoms with E-state index in [2.05, 4.69) is 0 Å². The first-order chi connectivity index (χ1) is 9.18. The number of primary amides is 3. The third kappa shape index (κ3) is 1.80. The van der Waals surface area contributed by atoms with E-state index in [1.807, 2.05) is 13.8 Å². The van der Waals surface area contributed by atoms with E-state index >= 15 is 0 Å². The van der Waals surface area contributed by atoms with Gasteiger partial charge < -0.3 is 17.2 Å². The molecule has 3 unspecified atom stereocenters. The third-order valence-corrected chi connectivity index (χ3v) is 6.78. The number of amides is 3. The van der Waals surface area contributed by atoms with Crippen molar-refractivity contribution in [2.45, 2.75) is 48.0 Å². The Morgan fingerprint density at radius 1 is 0.857 bits per heavy atom. The zero-order valence-electron chi connectivity index (χ0n) is 13.7. The van der Waals surface area contributed by atoms with Crippen molar-refractivity contribution < 1.29 is 14.4 Å². The predicted octanol–water partition coefficient (Wildman–Crippen LogP) is 0.527. The van der Waals surface area contributed by atoms with Crippen LogP contribution in [-0.4, -0.2) is 17.7 Å². The molecule has 6 N–H and O–H groups in total. The largest absolute Gasteiger partial charge is 0.369 e. The second kappa shape index (κ2) is 4.45. The van der Waals surface area contributed by atoms with E-state index in [0.717, 1.165) is 0 Å². The topological polar surface area (TPSA) is 129 Å². The minimum Gasteiger partial charge on any atom is -0.369 e. The van der Waals surface area contributed by atoms with Crippen LogP contribution in [0.3, 0.4) is 0 Å². The highest BCUT2D eigenvalue weighted by atomic mass is 16.2. The Labute approximate surface area is 125 Å². The maximum Gasteiger partial charge on any atom is 0.224 e. The molecule has 0 bridgehead atoms. The lowest BCUT2D eigenvalue weighted by atomic mass is 9.37. The highest BCUT2D eigenvalue weighted by Crippen LogP contribution is 2.68. The smallest absolute Gasteiger partial charge is 0.224 e. The van der Waals surface area contributed by atoms with Crippen LogP contribution in [0.1, 0.15) is 48.0 Å². The zero-order chi connectivity index (χ0) is 17.0. The average molecular weight is 297 g/mol. The van der Waals surface area contributed by atoms with Gasteiger partial charge in [0.2, 0.25) is 17.7 Å². The monoisotopic (exact) mass is 297 g/mol. The minimum atomic E-state index is -1.12. The van der Waals surface area contributed by atoms with E-state index in [1.165, 1.54) is 0 Å². The minimum absolute atomic E-state index is 0.209. The average Bonchev–Trinajstić information content (AvgIpc) is 2.31. The molecule has 6 heteroatoms. The van der Waals surface area contributed by atoms with E-state index in [0.29, 0.717) is 0 Å². The van der Waals surface area contributed by atoms with Gasteiger partial charge in [0.1, 0.15) is 0 Å². The Hall–Kier alpha value is -1.59. The number of carbonyl (C=O) groups is 3. The predicted molar refractivity (Wildman–Crippen MR) is 79.5 cm³/mol. The van der Waals surface area contributed by atoms with Crippen LogP contribution in [0.25, 0.3) is 0 Å². The Morgan fingerprint density at radius 3 is 1.57 bits per heavy atom. The summed E-state index contributed by atoms with van der Waals surface area (Å²) in [6.07, 6.45) is 0.209. The van der Waals surface area contributed by atoms with Crippen molar-refractivity contribution in [3.8, 4) is 0 Å². The van der Waals surface area contributed by atoms with Crippen molar-refractivity contribution in [3.05, 3.63) is 0 Å². The normalized spacial score (nSPS) is 37.7. The highest BCUT2D eigenvalue weighted by molar-refractivity contribution is 5.90. The van der Waals surface area contributed by atoms with Crippen molar-refractivity contribution >= 4 is 17.7 Å². The van der Waals surface area contributed by atoms with Gasteiger partial charge in [-0.2, -0.15) is 0 Å². The van der Waals surface area contributed by atoms with Crippen LogP contribution >= 0.6 is 0 Å². The van der Waals surface area contributed by atoms with E-state index in [1.54, 1.807) is 27.7 Å². The molecule has 0 aromatic rings. The van der Waals surface area contributed by atoms with Crippen LogP contribution in [0.4, 0.5) is 0 Å². The lowest BCUT2D eigenvalue weighted by molar-refractivity contribution is -0.198. The third-order valence-electron chi connectivity index (χ3n) is 6.78. The van der Waals surface area contributed by atoms with Crippen LogP contribution in [0.2, 0.25) is 0 Å². The number of nitrogens with two attached hydrogens (primary N) is 3. The second-order valence-electron chi connectivity index (χ2n) is 7.69. The first-order valence-corrected chi connectivity index (χ1v) is 7.07. The summed E-state index contributed by atoms with van der Waals surface area (Å²) in [6.45, 7) is 10.6. The Kier molecular flexibility index (Phi) is 3.70. The van der Waals surface area contributed by atoms with Gasteiger partial charge in [-0.3, -0.25) is 14.4 Å². The Bertz CT molecular complexity index is 512. The van der Waals surface area contributed by atoms with Crippen molar-refractivity contribution in [2.24, 2.45) is 44.8 Å². The van der Waals surface area contributed by atoms with Gasteiger partial charge in [0, 0.05) is 5.92 Å².